The molecule has 23 heavy (non-hydrogen) atoms. The van der Waals surface area contributed by atoms with Crippen LogP contribution in [0.2, 0.25) is 0 Å². The molecule has 0 radical (unpaired) electrons. The topological polar surface area (TPSA) is 51.9 Å². The Morgan fingerprint density at radius 3 is 2.83 bits per heavy atom. The molecule has 4 rings (SSSR count). The first kappa shape index (κ1) is 7.07. The molecule has 1 aromatic carbocycles. The van der Waals surface area contributed by atoms with Crippen molar-refractivity contribution < 1.29 is 18.5 Å². The van der Waals surface area contributed by atoms with Crippen molar-refractivity contribution in [1.29, 1.82) is 0 Å². The van der Waals surface area contributed by atoms with Gasteiger partial charge in [-0.1, -0.05) is 19.1 Å². The van der Waals surface area contributed by atoms with Crippen molar-refractivity contribution in [2.24, 2.45) is 7.05 Å². The number of benzene rings is 1. The predicted molar refractivity (Wildman–Crippen MR) is 91.7 cm³/mol. The van der Waals surface area contributed by atoms with E-state index in [0.717, 1.165) is 4.57 Å². The zero-order chi connectivity index (χ0) is 24.9. The SMILES string of the molecule is [2H]C1([2H])C(n2c3ccc(C(=O)NC)cc3c3cn(C)nc32)C([2H])([2H])C([2H])([2H])C([2H])([2H])C1([2H])[2H]. The lowest BCUT2D eigenvalue weighted by atomic mass is 9.95. The van der Waals surface area contributed by atoms with Crippen molar-refractivity contribution in [3.05, 3.63) is 30.0 Å². The van der Waals surface area contributed by atoms with Gasteiger partial charge in [0.2, 0.25) is 0 Å². The van der Waals surface area contributed by atoms with Gasteiger partial charge in [-0.2, -0.15) is 5.10 Å². The van der Waals surface area contributed by atoms with Crippen LogP contribution in [0.1, 0.15) is 62.0 Å². The molecule has 120 valence electrons. The molecule has 5 nitrogen and oxygen atoms in total. The molecule has 1 amide bonds. The fourth-order valence-corrected chi connectivity index (χ4v) is 2.87. The van der Waals surface area contributed by atoms with E-state index in [2.05, 4.69) is 10.4 Å². The molecule has 0 aliphatic heterocycles. The molecule has 0 spiro atoms. The second kappa shape index (κ2) is 5.41. The van der Waals surface area contributed by atoms with Gasteiger partial charge in [-0.05, 0) is 30.9 Å². The highest BCUT2D eigenvalue weighted by atomic mass is 16.1. The molecular formula is C18H22N4O. The third kappa shape index (κ3) is 2.22. The molecule has 0 bridgehead atoms. The van der Waals surface area contributed by atoms with Crippen LogP contribution in [0.3, 0.4) is 0 Å². The number of hydrogen-bond donors (Lipinski definition) is 1. The minimum atomic E-state index is -3.48. The van der Waals surface area contributed by atoms with Gasteiger partial charge >= 0.3 is 0 Å². The van der Waals surface area contributed by atoms with Crippen molar-refractivity contribution in [3.8, 4) is 0 Å². The monoisotopic (exact) mass is 320 g/mol. The van der Waals surface area contributed by atoms with Gasteiger partial charge in [0.15, 0.2) is 5.65 Å². The lowest BCUT2D eigenvalue weighted by Gasteiger charge is -2.24. The lowest BCUT2D eigenvalue weighted by Crippen LogP contribution is -2.17. The van der Waals surface area contributed by atoms with E-state index < -0.39 is 37.9 Å². The second-order valence-electron chi connectivity index (χ2n) is 5.29. The summed E-state index contributed by atoms with van der Waals surface area (Å²) in [5.74, 6) is -0.383. The minimum absolute atomic E-state index is 0.0633. The van der Waals surface area contributed by atoms with Crippen LogP contribution >= 0.6 is 0 Å². The highest BCUT2D eigenvalue weighted by Crippen LogP contribution is 2.37. The number of aromatic nitrogens is 3. The van der Waals surface area contributed by atoms with E-state index in [-0.39, 0.29) is 22.6 Å². The summed E-state index contributed by atoms with van der Waals surface area (Å²) in [5, 5.41) is 7.64. The van der Waals surface area contributed by atoms with E-state index in [9.17, 15) is 4.79 Å². The quantitative estimate of drug-likeness (QED) is 0.787. The Hall–Kier alpha value is -2.30. The van der Waals surface area contributed by atoms with E-state index in [1.807, 2.05) is 0 Å². The van der Waals surface area contributed by atoms with Crippen molar-refractivity contribution in [2.45, 2.75) is 37.9 Å². The Morgan fingerprint density at radius 2 is 2.09 bits per heavy atom. The lowest BCUT2D eigenvalue weighted by molar-refractivity contribution is 0.0963. The summed E-state index contributed by atoms with van der Waals surface area (Å²) in [4.78, 5) is 12.2. The fourth-order valence-electron chi connectivity index (χ4n) is 2.87. The van der Waals surface area contributed by atoms with Crippen LogP contribution in [0.4, 0.5) is 0 Å². The summed E-state index contributed by atoms with van der Waals surface area (Å²) < 4.78 is 85.9. The number of rotatable bonds is 2. The summed E-state index contributed by atoms with van der Waals surface area (Å²) in [5.41, 5.74) is 0.561. The number of hydrogen-bond acceptors (Lipinski definition) is 2. The van der Waals surface area contributed by atoms with Gasteiger partial charge in [-0.3, -0.25) is 9.48 Å². The summed E-state index contributed by atoms with van der Waals surface area (Å²) in [6.45, 7) is 0. The number of amides is 1. The molecular weight excluding hydrogens is 288 g/mol. The van der Waals surface area contributed by atoms with E-state index in [1.165, 1.54) is 29.9 Å². The average molecular weight is 320 g/mol. The van der Waals surface area contributed by atoms with Crippen LogP contribution < -0.4 is 5.32 Å². The largest absolute Gasteiger partial charge is 0.355 e. The molecule has 1 aliphatic rings. The van der Waals surface area contributed by atoms with E-state index in [0.29, 0.717) is 10.8 Å². The molecule has 1 aliphatic carbocycles. The summed E-state index contributed by atoms with van der Waals surface area (Å²) in [6, 6.07) is 2.28. The normalized spacial score (nSPS) is 33.7. The van der Waals surface area contributed by atoms with Crippen molar-refractivity contribution >= 4 is 27.8 Å². The zero-order valence-electron chi connectivity index (χ0n) is 22.6. The molecule has 2 aromatic heterocycles. The summed E-state index contributed by atoms with van der Waals surface area (Å²) in [6.07, 6.45) is -15.1. The molecule has 1 saturated carbocycles. The molecule has 5 heteroatoms. The van der Waals surface area contributed by atoms with Crippen molar-refractivity contribution in [2.75, 3.05) is 7.05 Å². The van der Waals surface area contributed by atoms with Crippen LogP contribution in [0.5, 0.6) is 0 Å². The third-order valence-electron chi connectivity index (χ3n) is 3.87. The van der Waals surface area contributed by atoms with Gasteiger partial charge in [0.05, 0.1) is 5.52 Å². The van der Waals surface area contributed by atoms with Crippen LogP contribution in [-0.4, -0.2) is 27.3 Å². The fraction of sp³-hybridized carbons (Fsp3) is 0.444. The first-order chi connectivity index (χ1) is 14.9. The highest BCUT2D eigenvalue weighted by Gasteiger charge is 2.23. The summed E-state index contributed by atoms with van der Waals surface area (Å²) >= 11 is 0. The number of carbonyl (C=O) groups is 1. The maximum Gasteiger partial charge on any atom is 0.251 e. The van der Waals surface area contributed by atoms with E-state index in [1.54, 1.807) is 13.2 Å². The van der Waals surface area contributed by atoms with E-state index >= 15 is 0 Å². The second-order valence-corrected chi connectivity index (χ2v) is 5.29. The first-order valence-electron chi connectivity index (χ1n) is 12.1. The maximum absolute atomic E-state index is 12.2. The number of nitrogens with one attached hydrogen (secondary N) is 1. The molecule has 1 N–H and O–H groups in total. The van der Waals surface area contributed by atoms with Gasteiger partial charge in [0, 0.05) is 56.4 Å². The Labute approximate surface area is 149 Å². The van der Waals surface area contributed by atoms with Crippen LogP contribution in [0, 0.1) is 0 Å². The molecule has 1 fully saturated rings. The van der Waals surface area contributed by atoms with Gasteiger partial charge in [0.1, 0.15) is 0 Å². The molecule has 0 unspecified atom stereocenters. The average Bonchev–Trinajstić information content (AvgIpc) is 3.21. The number of carbonyl (C=O) groups excluding carboxylic acids is 1. The van der Waals surface area contributed by atoms with Crippen LogP contribution in [0.25, 0.3) is 21.9 Å². The molecule has 3 aromatic rings. The smallest absolute Gasteiger partial charge is 0.251 e. The van der Waals surface area contributed by atoms with E-state index in [4.69, 9.17) is 13.7 Å². The van der Waals surface area contributed by atoms with Gasteiger partial charge in [-0.15, -0.1) is 0 Å². The third-order valence-corrected chi connectivity index (χ3v) is 3.87. The van der Waals surface area contributed by atoms with Crippen molar-refractivity contribution in [1.82, 2.24) is 19.7 Å². The maximum atomic E-state index is 12.2. The van der Waals surface area contributed by atoms with Crippen LogP contribution in [-0.2, 0) is 7.05 Å². The highest BCUT2D eigenvalue weighted by molar-refractivity contribution is 6.09. The number of fused-ring (bicyclic) bond motifs is 3. The minimum Gasteiger partial charge on any atom is -0.355 e. The van der Waals surface area contributed by atoms with Gasteiger partial charge in [0.25, 0.3) is 5.91 Å². The molecule has 2 heterocycles. The predicted octanol–water partition coefficient (Wildman–Crippen LogP) is 3.39. The molecule has 0 atom stereocenters. The summed E-state index contributed by atoms with van der Waals surface area (Å²) in [7, 11) is 3.04. The number of aryl methyl sites for hydroxylation is 1. The first-order valence-corrected chi connectivity index (χ1v) is 7.14. The molecule has 0 saturated heterocycles. The Balaban J connectivity index is 2.13. The van der Waals surface area contributed by atoms with Crippen molar-refractivity contribution in [3.63, 3.8) is 0 Å². The standard InChI is InChI=1S/C18H22N4O/c1-19-18(23)12-8-9-16-14(10-12)15-11-21(2)20-17(15)22(16)13-6-4-3-5-7-13/h8-11,13H,3-7H2,1-2H3,(H,19,23)/i3D2,4D2,5D2,6D2,7D2. The zero-order valence-corrected chi connectivity index (χ0v) is 12.6. The van der Waals surface area contributed by atoms with Gasteiger partial charge in [-0.25, -0.2) is 0 Å². The van der Waals surface area contributed by atoms with Gasteiger partial charge < -0.3 is 9.88 Å². The van der Waals surface area contributed by atoms with Crippen LogP contribution in [0.15, 0.2) is 24.4 Å². The Bertz CT molecular complexity index is 1260. The Morgan fingerprint density at radius 1 is 1.30 bits per heavy atom. The number of nitrogens with zero attached hydrogens (tertiary/aromatic N) is 3. The Kier molecular flexibility index (Phi) is 1.66.